The van der Waals surface area contributed by atoms with Crippen molar-refractivity contribution in [1.29, 1.82) is 0 Å². The molecule has 5 nitrogen and oxygen atoms in total. The highest BCUT2D eigenvalue weighted by molar-refractivity contribution is 5.92. The van der Waals surface area contributed by atoms with Gasteiger partial charge in [-0.2, -0.15) is 0 Å². The number of benzene rings is 1. The number of carbonyl (C=O) groups is 1. The number of aromatic nitrogens is 2. The Bertz CT molecular complexity index is 656. The molecule has 0 radical (unpaired) electrons. The molecule has 1 aliphatic heterocycles. The molecule has 2 unspecified atom stereocenters. The van der Waals surface area contributed by atoms with E-state index in [-0.39, 0.29) is 11.9 Å². The fourth-order valence-electron chi connectivity index (χ4n) is 2.97. The molecule has 120 valence electrons. The number of aryl methyl sites for hydroxylation is 1. The van der Waals surface area contributed by atoms with Crippen LogP contribution in [0.2, 0.25) is 0 Å². The van der Waals surface area contributed by atoms with Gasteiger partial charge >= 0.3 is 0 Å². The van der Waals surface area contributed by atoms with Gasteiger partial charge in [0, 0.05) is 31.4 Å². The van der Waals surface area contributed by atoms with Crippen molar-refractivity contribution in [3.8, 4) is 0 Å². The monoisotopic (exact) mass is 310 g/mol. The van der Waals surface area contributed by atoms with Gasteiger partial charge in [-0.1, -0.05) is 30.3 Å². The van der Waals surface area contributed by atoms with Crippen molar-refractivity contribution in [2.24, 2.45) is 0 Å². The van der Waals surface area contributed by atoms with Crippen LogP contribution >= 0.6 is 0 Å². The van der Waals surface area contributed by atoms with Crippen LogP contribution in [0, 0.1) is 6.92 Å². The lowest BCUT2D eigenvalue weighted by Gasteiger charge is -2.24. The van der Waals surface area contributed by atoms with Crippen LogP contribution in [0.3, 0.4) is 0 Å². The number of rotatable bonds is 4. The minimum absolute atomic E-state index is 0.142. The van der Waals surface area contributed by atoms with Crippen molar-refractivity contribution in [3.63, 3.8) is 0 Å². The SMILES string of the molecule is Cc1cnc(C(=O)NC2CCN(C(C)c3ccccc3)C2)cn1. The van der Waals surface area contributed by atoms with Crippen LogP contribution < -0.4 is 5.32 Å². The summed E-state index contributed by atoms with van der Waals surface area (Å²) in [7, 11) is 0. The fourth-order valence-corrected chi connectivity index (χ4v) is 2.97. The third kappa shape index (κ3) is 3.74. The fraction of sp³-hybridized carbons (Fsp3) is 0.389. The molecule has 1 amide bonds. The van der Waals surface area contributed by atoms with Crippen molar-refractivity contribution in [2.45, 2.75) is 32.4 Å². The van der Waals surface area contributed by atoms with Gasteiger partial charge in [0.15, 0.2) is 0 Å². The maximum absolute atomic E-state index is 12.2. The predicted molar refractivity (Wildman–Crippen MR) is 89.1 cm³/mol. The van der Waals surface area contributed by atoms with E-state index in [9.17, 15) is 4.79 Å². The summed E-state index contributed by atoms with van der Waals surface area (Å²) in [6.07, 6.45) is 4.11. The Hall–Kier alpha value is -2.27. The Morgan fingerprint density at radius 1 is 1.26 bits per heavy atom. The number of nitrogens with zero attached hydrogens (tertiary/aromatic N) is 3. The van der Waals surface area contributed by atoms with Gasteiger partial charge in [0.25, 0.3) is 5.91 Å². The van der Waals surface area contributed by atoms with Gasteiger partial charge in [-0.15, -0.1) is 0 Å². The van der Waals surface area contributed by atoms with Crippen LogP contribution in [0.1, 0.15) is 41.1 Å². The van der Waals surface area contributed by atoms with Gasteiger partial charge in [0.05, 0.1) is 11.9 Å². The third-order valence-electron chi connectivity index (χ3n) is 4.40. The molecule has 1 N–H and O–H groups in total. The van der Waals surface area contributed by atoms with E-state index < -0.39 is 0 Å². The van der Waals surface area contributed by atoms with Crippen LogP contribution in [0.15, 0.2) is 42.7 Å². The van der Waals surface area contributed by atoms with E-state index in [2.05, 4.69) is 51.4 Å². The Morgan fingerprint density at radius 2 is 2.04 bits per heavy atom. The summed E-state index contributed by atoms with van der Waals surface area (Å²) in [6, 6.07) is 11.0. The van der Waals surface area contributed by atoms with Gasteiger partial charge in [-0.25, -0.2) is 4.98 Å². The molecule has 5 heteroatoms. The van der Waals surface area contributed by atoms with Crippen LogP contribution in [-0.2, 0) is 0 Å². The van der Waals surface area contributed by atoms with Gasteiger partial charge < -0.3 is 5.32 Å². The second-order valence-corrected chi connectivity index (χ2v) is 6.08. The van der Waals surface area contributed by atoms with Gasteiger partial charge in [0.1, 0.15) is 5.69 Å². The standard InChI is InChI=1S/C18H22N4O/c1-13-10-20-17(11-19-13)18(23)21-16-8-9-22(12-16)14(2)15-6-4-3-5-7-15/h3-7,10-11,14,16H,8-9,12H2,1-2H3,(H,21,23). The summed E-state index contributed by atoms with van der Waals surface area (Å²) >= 11 is 0. The average molecular weight is 310 g/mol. The maximum atomic E-state index is 12.2. The Kier molecular flexibility index (Phi) is 4.67. The van der Waals surface area contributed by atoms with Gasteiger partial charge in [-0.05, 0) is 25.8 Å². The molecule has 1 aromatic carbocycles. The van der Waals surface area contributed by atoms with Crippen LogP contribution in [0.25, 0.3) is 0 Å². The maximum Gasteiger partial charge on any atom is 0.271 e. The summed E-state index contributed by atoms with van der Waals surface area (Å²) in [6.45, 7) is 5.92. The molecule has 2 atom stereocenters. The molecular formula is C18H22N4O. The quantitative estimate of drug-likeness (QED) is 0.942. The molecule has 2 aromatic rings. The van der Waals surface area contributed by atoms with E-state index in [4.69, 9.17) is 0 Å². The predicted octanol–water partition coefficient (Wildman–Crippen LogP) is 2.35. The first-order chi connectivity index (χ1) is 11.1. The molecule has 23 heavy (non-hydrogen) atoms. The summed E-state index contributed by atoms with van der Waals surface area (Å²) in [5.74, 6) is -0.142. The summed E-state index contributed by atoms with van der Waals surface area (Å²) in [5, 5.41) is 3.07. The molecule has 0 saturated carbocycles. The molecule has 1 aromatic heterocycles. The minimum Gasteiger partial charge on any atom is -0.347 e. The van der Waals surface area contributed by atoms with Crippen molar-refractivity contribution in [1.82, 2.24) is 20.2 Å². The second-order valence-electron chi connectivity index (χ2n) is 6.08. The van der Waals surface area contributed by atoms with Crippen molar-refractivity contribution in [2.75, 3.05) is 13.1 Å². The van der Waals surface area contributed by atoms with E-state index in [1.165, 1.54) is 11.8 Å². The largest absolute Gasteiger partial charge is 0.347 e. The molecule has 0 bridgehead atoms. The number of nitrogens with one attached hydrogen (secondary N) is 1. The first kappa shape index (κ1) is 15.6. The highest BCUT2D eigenvalue weighted by Gasteiger charge is 2.28. The zero-order valence-electron chi connectivity index (χ0n) is 13.6. The molecule has 0 spiro atoms. The van der Waals surface area contributed by atoms with Gasteiger partial charge in [0.2, 0.25) is 0 Å². The zero-order valence-corrected chi connectivity index (χ0v) is 13.6. The van der Waals surface area contributed by atoms with Crippen LogP contribution in [0.5, 0.6) is 0 Å². The normalized spacial score (nSPS) is 19.5. The number of amides is 1. The molecule has 3 rings (SSSR count). The topological polar surface area (TPSA) is 58.1 Å². The number of hydrogen-bond donors (Lipinski definition) is 1. The van der Waals surface area contributed by atoms with E-state index in [1.807, 2.05) is 13.0 Å². The minimum atomic E-state index is -0.142. The van der Waals surface area contributed by atoms with E-state index >= 15 is 0 Å². The molecule has 1 saturated heterocycles. The molecule has 0 aliphatic carbocycles. The molecular weight excluding hydrogens is 288 g/mol. The Morgan fingerprint density at radius 3 is 2.74 bits per heavy atom. The third-order valence-corrected chi connectivity index (χ3v) is 4.40. The molecule has 1 fully saturated rings. The Balaban J connectivity index is 1.57. The van der Waals surface area contributed by atoms with Crippen LogP contribution in [0.4, 0.5) is 0 Å². The van der Waals surface area contributed by atoms with E-state index in [1.54, 1.807) is 6.20 Å². The first-order valence-electron chi connectivity index (χ1n) is 8.02. The zero-order chi connectivity index (χ0) is 16.2. The van der Waals surface area contributed by atoms with E-state index in [0.717, 1.165) is 25.2 Å². The number of carbonyl (C=O) groups excluding carboxylic acids is 1. The second kappa shape index (κ2) is 6.87. The summed E-state index contributed by atoms with van der Waals surface area (Å²) < 4.78 is 0. The number of hydrogen-bond acceptors (Lipinski definition) is 4. The lowest BCUT2D eigenvalue weighted by Crippen LogP contribution is -2.38. The van der Waals surface area contributed by atoms with Crippen molar-refractivity contribution < 1.29 is 4.79 Å². The summed E-state index contributed by atoms with van der Waals surface area (Å²) in [4.78, 5) is 22.9. The lowest BCUT2D eigenvalue weighted by molar-refractivity contribution is 0.0931. The van der Waals surface area contributed by atoms with Crippen LogP contribution in [-0.4, -0.2) is 39.9 Å². The van der Waals surface area contributed by atoms with Crippen molar-refractivity contribution in [3.05, 3.63) is 59.7 Å². The lowest BCUT2D eigenvalue weighted by atomic mass is 10.1. The van der Waals surface area contributed by atoms with Crippen molar-refractivity contribution >= 4 is 5.91 Å². The van der Waals surface area contributed by atoms with E-state index in [0.29, 0.717) is 11.7 Å². The molecule has 1 aliphatic rings. The summed E-state index contributed by atoms with van der Waals surface area (Å²) in [5.41, 5.74) is 2.50. The number of likely N-dealkylation sites (tertiary alicyclic amines) is 1. The van der Waals surface area contributed by atoms with Gasteiger partial charge in [-0.3, -0.25) is 14.7 Å². The average Bonchev–Trinajstić information content (AvgIpc) is 3.04. The smallest absolute Gasteiger partial charge is 0.271 e. The first-order valence-corrected chi connectivity index (χ1v) is 8.02. The Labute approximate surface area is 136 Å². The highest BCUT2D eigenvalue weighted by atomic mass is 16.2. The highest BCUT2D eigenvalue weighted by Crippen LogP contribution is 2.24. The molecule has 2 heterocycles.